The standard InChI is InChI=1S/C3H8ClNSi/c1-3-6(4)5-2/h3,5-6H,1H2,2H3. The van der Waals surface area contributed by atoms with E-state index in [0.717, 1.165) is 0 Å². The Kier molecular flexibility index (Phi) is 3.52. The van der Waals surface area contributed by atoms with Gasteiger partial charge in [0.25, 0.3) is 0 Å². The molecule has 1 atom stereocenters. The molecule has 0 amide bonds. The summed E-state index contributed by atoms with van der Waals surface area (Å²) < 4.78 is 0. The Morgan fingerprint density at radius 2 is 2.50 bits per heavy atom. The van der Waals surface area contributed by atoms with Crippen LogP contribution in [0.4, 0.5) is 0 Å². The molecule has 0 aromatic rings. The molecule has 0 saturated heterocycles. The van der Waals surface area contributed by atoms with E-state index in [1.807, 2.05) is 7.05 Å². The lowest BCUT2D eigenvalue weighted by Crippen LogP contribution is -2.20. The fourth-order valence-corrected chi connectivity index (χ4v) is 0.354. The van der Waals surface area contributed by atoms with Gasteiger partial charge in [0.1, 0.15) is 0 Å². The van der Waals surface area contributed by atoms with E-state index in [0.29, 0.717) is 0 Å². The normalized spacial score (nSPS) is 13.7. The van der Waals surface area contributed by atoms with Gasteiger partial charge in [0.2, 0.25) is 8.27 Å². The number of hydrogen-bond donors (Lipinski definition) is 1. The number of rotatable bonds is 2. The summed E-state index contributed by atoms with van der Waals surface area (Å²) in [5.41, 5.74) is 1.77. The van der Waals surface area contributed by atoms with Crippen molar-refractivity contribution < 1.29 is 0 Å². The summed E-state index contributed by atoms with van der Waals surface area (Å²) in [6.45, 7) is 3.50. The average Bonchev–Trinajstić information content (AvgIpc) is 1.65. The minimum Gasteiger partial charge on any atom is -0.328 e. The summed E-state index contributed by atoms with van der Waals surface area (Å²) in [7, 11) is 0.664. The van der Waals surface area contributed by atoms with E-state index in [2.05, 4.69) is 11.6 Å². The van der Waals surface area contributed by atoms with Gasteiger partial charge in [-0.05, 0) is 7.05 Å². The minimum atomic E-state index is -1.17. The maximum atomic E-state index is 5.56. The number of nitrogens with one attached hydrogen (secondary N) is 1. The van der Waals surface area contributed by atoms with Crippen LogP contribution in [0.1, 0.15) is 0 Å². The Morgan fingerprint density at radius 1 is 2.00 bits per heavy atom. The second kappa shape index (κ2) is 3.40. The first-order valence-electron chi connectivity index (χ1n) is 1.75. The average molecular weight is 122 g/mol. The summed E-state index contributed by atoms with van der Waals surface area (Å²) in [6, 6.07) is 0. The lowest BCUT2D eigenvalue weighted by atomic mass is 11.3. The summed E-state index contributed by atoms with van der Waals surface area (Å²) >= 11 is 5.56. The maximum Gasteiger partial charge on any atom is 0.234 e. The molecule has 36 valence electrons. The zero-order chi connectivity index (χ0) is 4.99. The largest absolute Gasteiger partial charge is 0.328 e. The fraction of sp³-hybridized carbons (Fsp3) is 0.333. The summed E-state index contributed by atoms with van der Waals surface area (Å²) in [4.78, 5) is 2.90. The van der Waals surface area contributed by atoms with E-state index >= 15 is 0 Å². The van der Waals surface area contributed by atoms with Gasteiger partial charge in [0.05, 0.1) is 0 Å². The van der Waals surface area contributed by atoms with Crippen molar-refractivity contribution in [1.82, 2.24) is 4.98 Å². The molecule has 0 radical (unpaired) electrons. The highest BCUT2D eigenvalue weighted by Gasteiger charge is 1.90. The first-order valence-corrected chi connectivity index (χ1v) is 4.74. The zero-order valence-corrected chi connectivity index (χ0v) is 5.65. The van der Waals surface area contributed by atoms with Crippen molar-refractivity contribution in [2.75, 3.05) is 7.05 Å². The first kappa shape index (κ1) is 6.21. The van der Waals surface area contributed by atoms with Crippen molar-refractivity contribution in [2.24, 2.45) is 0 Å². The van der Waals surface area contributed by atoms with Crippen molar-refractivity contribution in [3.8, 4) is 0 Å². The highest BCUT2D eigenvalue weighted by atomic mass is 35.6. The van der Waals surface area contributed by atoms with Gasteiger partial charge in [0, 0.05) is 0 Å². The molecule has 0 saturated carbocycles. The van der Waals surface area contributed by atoms with Gasteiger partial charge >= 0.3 is 0 Å². The molecule has 3 heteroatoms. The monoisotopic (exact) mass is 121 g/mol. The Bertz CT molecular complexity index is 48.1. The lowest BCUT2D eigenvalue weighted by molar-refractivity contribution is 1.25. The van der Waals surface area contributed by atoms with Crippen LogP contribution in [-0.2, 0) is 0 Å². The van der Waals surface area contributed by atoms with Crippen molar-refractivity contribution >= 4 is 19.3 Å². The van der Waals surface area contributed by atoms with E-state index in [1.165, 1.54) is 0 Å². The van der Waals surface area contributed by atoms with Gasteiger partial charge in [-0.15, -0.1) is 17.7 Å². The van der Waals surface area contributed by atoms with E-state index < -0.39 is 8.27 Å². The molecule has 0 bridgehead atoms. The predicted octanol–water partition coefficient (Wildman–Crippen LogP) is 0.390. The highest BCUT2D eigenvalue weighted by Crippen LogP contribution is 1.79. The molecule has 0 aromatic heterocycles. The molecule has 0 aromatic carbocycles. The van der Waals surface area contributed by atoms with E-state index in [1.54, 1.807) is 5.70 Å². The maximum absolute atomic E-state index is 5.56. The quantitative estimate of drug-likeness (QED) is 0.412. The van der Waals surface area contributed by atoms with Crippen LogP contribution in [-0.4, -0.2) is 15.3 Å². The van der Waals surface area contributed by atoms with Gasteiger partial charge in [-0.2, -0.15) is 0 Å². The van der Waals surface area contributed by atoms with E-state index in [4.69, 9.17) is 11.1 Å². The van der Waals surface area contributed by atoms with Crippen molar-refractivity contribution in [2.45, 2.75) is 0 Å². The smallest absolute Gasteiger partial charge is 0.234 e. The molecular weight excluding hydrogens is 114 g/mol. The molecule has 1 nitrogen and oxygen atoms in total. The van der Waals surface area contributed by atoms with Crippen molar-refractivity contribution in [3.05, 3.63) is 12.3 Å². The Labute approximate surface area is 44.4 Å². The van der Waals surface area contributed by atoms with Gasteiger partial charge in [-0.25, -0.2) is 0 Å². The third kappa shape index (κ3) is 2.44. The SMILES string of the molecule is C=C[SiH](Cl)NC. The van der Waals surface area contributed by atoms with Crippen LogP contribution in [0.15, 0.2) is 12.3 Å². The summed E-state index contributed by atoms with van der Waals surface area (Å²) in [5.74, 6) is 0. The van der Waals surface area contributed by atoms with Crippen LogP contribution in [0.3, 0.4) is 0 Å². The van der Waals surface area contributed by atoms with Crippen molar-refractivity contribution in [3.63, 3.8) is 0 Å². The fourth-order valence-electron chi connectivity index (χ4n) is 0.118. The van der Waals surface area contributed by atoms with Crippen LogP contribution >= 0.6 is 11.1 Å². The molecule has 0 heterocycles. The van der Waals surface area contributed by atoms with Crippen LogP contribution in [0.2, 0.25) is 0 Å². The van der Waals surface area contributed by atoms with Gasteiger partial charge < -0.3 is 4.98 Å². The van der Waals surface area contributed by atoms with E-state index in [9.17, 15) is 0 Å². The summed E-state index contributed by atoms with van der Waals surface area (Å²) in [5, 5.41) is 0. The topological polar surface area (TPSA) is 12.0 Å². The third-order valence-corrected chi connectivity index (χ3v) is 2.64. The molecule has 0 fully saturated rings. The minimum absolute atomic E-state index is 1.17. The molecule has 0 rings (SSSR count). The third-order valence-electron chi connectivity index (χ3n) is 0.483. The molecule has 0 aliphatic heterocycles. The molecule has 1 unspecified atom stereocenters. The van der Waals surface area contributed by atoms with Crippen LogP contribution in [0, 0.1) is 0 Å². The number of hydrogen-bond acceptors (Lipinski definition) is 1. The Hall–Kier alpha value is 0.207. The zero-order valence-electron chi connectivity index (χ0n) is 3.74. The number of halogens is 1. The lowest BCUT2D eigenvalue weighted by Gasteiger charge is -1.91. The Morgan fingerprint density at radius 3 is 2.50 bits per heavy atom. The molecule has 1 N–H and O–H groups in total. The second-order valence-electron chi connectivity index (χ2n) is 0.926. The molecule has 0 aliphatic carbocycles. The first-order chi connectivity index (χ1) is 2.81. The Balaban J connectivity index is 2.96. The van der Waals surface area contributed by atoms with E-state index in [-0.39, 0.29) is 0 Å². The van der Waals surface area contributed by atoms with Gasteiger partial charge in [-0.1, -0.05) is 5.70 Å². The highest BCUT2D eigenvalue weighted by molar-refractivity contribution is 7.08. The van der Waals surface area contributed by atoms with Gasteiger partial charge in [-0.3, -0.25) is 0 Å². The second-order valence-corrected chi connectivity index (χ2v) is 4.19. The molecule has 0 aliphatic rings. The van der Waals surface area contributed by atoms with Crippen molar-refractivity contribution in [1.29, 1.82) is 0 Å². The van der Waals surface area contributed by atoms with Crippen LogP contribution in [0.25, 0.3) is 0 Å². The van der Waals surface area contributed by atoms with Crippen LogP contribution < -0.4 is 4.98 Å². The van der Waals surface area contributed by atoms with Crippen LogP contribution in [0.5, 0.6) is 0 Å². The molecule has 0 spiro atoms. The van der Waals surface area contributed by atoms with Gasteiger partial charge in [0.15, 0.2) is 0 Å². The predicted molar refractivity (Wildman–Crippen MR) is 32.3 cm³/mol. The molecule has 6 heavy (non-hydrogen) atoms. The summed E-state index contributed by atoms with van der Waals surface area (Å²) in [6.07, 6.45) is 0. The molecular formula is C3H8ClNSi.